The number of carboxylic acid groups (broad SMARTS) is 1. The van der Waals surface area contributed by atoms with Gasteiger partial charge in [0.05, 0.1) is 6.20 Å². The smallest absolute Gasteiger partial charge is 0.475 e. The Morgan fingerprint density at radius 3 is 2.14 bits per heavy atom. The Hall–Kier alpha value is -1.57. The molecule has 1 aromatic heterocycles. The van der Waals surface area contributed by atoms with Gasteiger partial charge < -0.3 is 9.52 Å². The van der Waals surface area contributed by atoms with Crippen molar-refractivity contribution in [1.29, 1.82) is 0 Å². The van der Waals surface area contributed by atoms with Crippen LogP contribution in [0.3, 0.4) is 0 Å². The highest BCUT2D eigenvalue weighted by molar-refractivity contribution is 5.73. The second-order valence-electron chi connectivity index (χ2n) is 6.14. The molecular formula is C14H21F3N2O3. The van der Waals surface area contributed by atoms with Crippen molar-refractivity contribution < 1.29 is 27.5 Å². The molecule has 2 rings (SSSR count). The number of carbonyl (C=O) groups is 1. The van der Waals surface area contributed by atoms with Crippen LogP contribution in [-0.2, 0) is 4.79 Å². The van der Waals surface area contributed by atoms with Gasteiger partial charge in [-0.05, 0) is 46.7 Å². The zero-order chi connectivity index (χ0) is 17.0. The first-order valence-corrected chi connectivity index (χ1v) is 6.95. The quantitative estimate of drug-likeness (QED) is 0.859. The summed E-state index contributed by atoms with van der Waals surface area (Å²) < 4.78 is 37.1. The fraction of sp³-hybridized carbons (Fsp3) is 0.714. The maximum Gasteiger partial charge on any atom is 0.490 e. The highest BCUT2D eigenvalue weighted by Gasteiger charge is 2.38. The van der Waals surface area contributed by atoms with E-state index in [0.717, 1.165) is 18.8 Å². The predicted octanol–water partition coefficient (Wildman–Crippen LogP) is 3.29. The lowest BCUT2D eigenvalue weighted by Gasteiger charge is -2.40. The number of aromatic nitrogens is 1. The summed E-state index contributed by atoms with van der Waals surface area (Å²) in [6.45, 7) is 9.16. The molecule has 22 heavy (non-hydrogen) atoms. The van der Waals surface area contributed by atoms with Crippen LogP contribution < -0.4 is 0 Å². The fourth-order valence-corrected chi connectivity index (χ4v) is 2.26. The van der Waals surface area contributed by atoms with Crippen molar-refractivity contribution in [3.8, 4) is 0 Å². The Labute approximate surface area is 127 Å². The van der Waals surface area contributed by atoms with E-state index in [1.807, 2.05) is 6.20 Å². The molecule has 1 aromatic rings. The topological polar surface area (TPSA) is 66.6 Å². The van der Waals surface area contributed by atoms with Gasteiger partial charge in [0.2, 0.25) is 0 Å². The van der Waals surface area contributed by atoms with Gasteiger partial charge in [-0.1, -0.05) is 0 Å². The van der Waals surface area contributed by atoms with Crippen LogP contribution in [0.1, 0.15) is 45.3 Å². The molecule has 126 valence electrons. The average Bonchev–Trinajstić information content (AvgIpc) is 2.91. The molecule has 1 N–H and O–H groups in total. The summed E-state index contributed by atoms with van der Waals surface area (Å²) in [5.74, 6) is -1.12. The number of alkyl halides is 3. The summed E-state index contributed by atoms with van der Waals surface area (Å²) in [7, 11) is 0. The third-order valence-electron chi connectivity index (χ3n) is 3.54. The molecule has 1 aliphatic rings. The minimum absolute atomic E-state index is 0.298. The van der Waals surface area contributed by atoms with E-state index in [-0.39, 0.29) is 0 Å². The third-order valence-corrected chi connectivity index (χ3v) is 3.54. The van der Waals surface area contributed by atoms with Crippen LogP contribution in [0.5, 0.6) is 0 Å². The van der Waals surface area contributed by atoms with Crippen LogP contribution >= 0.6 is 0 Å². The van der Waals surface area contributed by atoms with Crippen LogP contribution in [-0.4, -0.2) is 45.8 Å². The summed E-state index contributed by atoms with van der Waals surface area (Å²) in [4.78, 5) is 15.4. The number of piperidine rings is 1. The van der Waals surface area contributed by atoms with E-state index in [0.29, 0.717) is 11.5 Å². The van der Waals surface area contributed by atoms with Crippen LogP contribution in [0.2, 0.25) is 0 Å². The second-order valence-corrected chi connectivity index (χ2v) is 6.14. The van der Waals surface area contributed by atoms with E-state index in [2.05, 4.69) is 30.7 Å². The van der Waals surface area contributed by atoms with Gasteiger partial charge in [-0.15, -0.1) is 0 Å². The SMILES string of the molecule is CC(C)(C)N1CCC(c2cnco2)CC1.O=C(O)C(F)(F)F. The van der Waals surface area contributed by atoms with Crippen LogP contribution in [0.4, 0.5) is 13.2 Å². The molecule has 0 amide bonds. The molecule has 8 heteroatoms. The summed E-state index contributed by atoms with van der Waals surface area (Å²) in [5, 5.41) is 7.12. The molecule has 5 nitrogen and oxygen atoms in total. The molecule has 0 radical (unpaired) electrons. The maximum atomic E-state index is 10.6. The number of rotatable bonds is 1. The minimum atomic E-state index is -5.08. The Bertz CT molecular complexity index is 459. The van der Waals surface area contributed by atoms with Gasteiger partial charge in [0, 0.05) is 11.5 Å². The van der Waals surface area contributed by atoms with Crippen LogP contribution in [0, 0.1) is 0 Å². The van der Waals surface area contributed by atoms with E-state index >= 15 is 0 Å². The Kier molecular flexibility index (Phi) is 5.99. The number of hydrogen-bond acceptors (Lipinski definition) is 4. The first-order chi connectivity index (χ1) is 10.0. The van der Waals surface area contributed by atoms with Gasteiger partial charge in [-0.25, -0.2) is 9.78 Å². The van der Waals surface area contributed by atoms with E-state index in [1.54, 1.807) is 0 Å². The zero-order valence-corrected chi connectivity index (χ0v) is 12.9. The maximum absolute atomic E-state index is 10.6. The highest BCUT2D eigenvalue weighted by Crippen LogP contribution is 2.30. The third kappa shape index (κ3) is 5.67. The van der Waals surface area contributed by atoms with Crippen molar-refractivity contribution in [2.75, 3.05) is 13.1 Å². The molecule has 2 heterocycles. The molecule has 1 aliphatic heterocycles. The fourth-order valence-electron chi connectivity index (χ4n) is 2.26. The molecule has 0 bridgehead atoms. The summed E-state index contributed by atoms with van der Waals surface area (Å²) in [5.41, 5.74) is 0.298. The van der Waals surface area contributed by atoms with Crippen LogP contribution in [0.15, 0.2) is 17.0 Å². The standard InChI is InChI=1S/C12H20N2O.C2HF3O2/c1-12(2,3)14-6-4-10(5-7-14)11-8-13-9-15-11;3-2(4,5)1(6)7/h8-10H,4-7H2,1-3H3;(H,6,7). The predicted molar refractivity (Wildman–Crippen MR) is 73.5 cm³/mol. The van der Waals surface area contributed by atoms with Crippen molar-refractivity contribution in [3.63, 3.8) is 0 Å². The second kappa shape index (κ2) is 7.13. The van der Waals surface area contributed by atoms with Gasteiger partial charge in [0.25, 0.3) is 0 Å². The molecule has 0 aliphatic carbocycles. The summed E-state index contributed by atoms with van der Waals surface area (Å²) in [6, 6.07) is 0. The van der Waals surface area contributed by atoms with Gasteiger partial charge in [-0.2, -0.15) is 13.2 Å². The first kappa shape index (κ1) is 18.5. The molecule has 0 saturated carbocycles. The number of aliphatic carboxylic acids is 1. The van der Waals surface area contributed by atoms with Gasteiger partial charge in [0.1, 0.15) is 5.76 Å². The normalized spacial score (nSPS) is 17.7. The number of hydrogen-bond donors (Lipinski definition) is 1. The molecule has 1 saturated heterocycles. The van der Waals surface area contributed by atoms with Gasteiger partial charge in [0.15, 0.2) is 6.39 Å². The molecule has 0 unspecified atom stereocenters. The minimum Gasteiger partial charge on any atom is -0.475 e. The monoisotopic (exact) mass is 322 g/mol. The number of oxazole rings is 1. The number of halogens is 3. The average molecular weight is 322 g/mol. The van der Waals surface area contributed by atoms with Crippen molar-refractivity contribution in [2.45, 2.75) is 51.2 Å². The number of likely N-dealkylation sites (tertiary alicyclic amines) is 1. The van der Waals surface area contributed by atoms with Crippen molar-refractivity contribution >= 4 is 5.97 Å². The van der Waals surface area contributed by atoms with E-state index in [9.17, 15) is 13.2 Å². The largest absolute Gasteiger partial charge is 0.490 e. The van der Waals surface area contributed by atoms with E-state index in [1.165, 1.54) is 19.2 Å². The lowest BCUT2D eigenvalue weighted by atomic mass is 9.91. The van der Waals surface area contributed by atoms with Gasteiger partial charge in [-0.3, -0.25) is 4.90 Å². The number of carboxylic acids is 1. The summed E-state index contributed by atoms with van der Waals surface area (Å²) in [6.07, 6.45) is 0.682. The lowest BCUT2D eigenvalue weighted by Crippen LogP contribution is -2.45. The molecule has 0 spiro atoms. The Morgan fingerprint density at radius 1 is 1.32 bits per heavy atom. The molecule has 1 fully saturated rings. The van der Waals surface area contributed by atoms with Crippen molar-refractivity contribution in [3.05, 3.63) is 18.4 Å². The Balaban J connectivity index is 0.000000295. The molecular weight excluding hydrogens is 301 g/mol. The van der Waals surface area contributed by atoms with Crippen LogP contribution in [0.25, 0.3) is 0 Å². The van der Waals surface area contributed by atoms with Gasteiger partial charge >= 0.3 is 12.1 Å². The lowest BCUT2D eigenvalue weighted by molar-refractivity contribution is -0.192. The number of nitrogens with zero attached hydrogens (tertiary/aromatic N) is 2. The van der Waals surface area contributed by atoms with E-state index in [4.69, 9.17) is 14.3 Å². The van der Waals surface area contributed by atoms with E-state index < -0.39 is 12.1 Å². The molecule has 0 atom stereocenters. The zero-order valence-electron chi connectivity index (χ0n) is 12.9. The summed E-state index contributed by atoms with van der Waals surface area (Å²) >= 11 is 0. The van der Waals surface area contributed by atoms with Crippen molar-refractivity contribution in [1.82, 2.24) is 9.88 Å². The Morgan fingerprint density at radius 2 is 1.82 bits per heavy atom. The first-order valence-electron chi connectivity index (χ1n) is 6.95. The highest BCUT2D eigenvalue weighted by atomic mass is 19.4. The van der Waals surface area contributed by atoms with Crippen molar-refractivity contribution in [2.24, 2.45) is 0 Å². The molecule has 0 aromatic carbocycles.